The monoisotopic (exact) mass is 421 g/mol. The molecule has 29 heavy (non-hydrogen) atoms. The molecule has 0 radical (unpaired) electrons. The maximum Gasteiger partial charge on any atom is 0.338 e. The van der Waals surface area contributed by atoms with Gasteiger partial charge in [0, 0.05) is 5.69 Å². The van der Waals surface area contributed by atoms with Gasteiger partial charge in [0.2, 0.25) is 0 Å². The van der Waals surface area contributed by atoms with Gasteiger partial charge in [0.25, 0.3) is 5.91 Å². The van der Waals surface area contributed by atoms with Gasteiger partial charge in [-0.25, -0.2) is 9.59 Å². The molecule has 0 atom stereocenters. The van der Waals surface area contributed by atoms with E-state index in [1.54, 1.807) is 19.1 Å². The highest BCUT2D eigenvalue weighted by atomic mass is 35.5. The molecule has 0 aromatic heterocycles. The minimum absolute atomic E-state index is 0.101. The van der Waals surface area contributed by atoms with Gasteiger partial charge in [-0.05, 0) is 36.8 Å². The fourth-order valence-electron chi connectivity index (χ4n) is 2.44. The van der Waals surface area contributed by atoms with Crippen molar-refractivity contribution >= 4 is 35.1 Å². The van der Waals surface area contributed by atoms with Crippen LogP contribution < -0.4 is 14.8 Å². The zero-order valence-electron chi connectivity index (χ0n) is 16.3. The van der Waals surface area contributed by atoms with Crippen molar-refractivity contribution in [1.82, 2.24) is 0 Å². The lowest BCUT2D eigenvalue weighted by atomic mass is 10.1. The van der Waals surface area contributed by atoms with E-state index in [9.17, 15) is 14.4 Å². The Morgan fingerprint density at radius 3 is 2.31 bits per heavy atom. The third-order valence-electron chi connectivity index (χ3n) is 3.94. The second-order valence-electron chi connectivity index (χ2n) is 5.84. The van der Waals surface area contributed by atoms with Gasteiger partial charge in [0.05, 0.1) is 37.5 Å². The zero-order valence-corrected chi connectivity index (χ0v) is 17.1. The van der Waals surface area contributed by atoms with E-state index in [1.165, 1.54) is 39.5 Å². The van der Waals surface area contributed by atoms with Crippen molar-refractivity contribution in [1.29, 1.82) is 0 Å². The number of carbonyl (C=O) groups excluding carboxylic acids is 3. The van der Waals surface area contributed by atoms with Crippen molar-refractivity contribution in [2.45, 2.75) is 6.92 Å². The molecule has 8 nitrogen and oxygen atoms in total. The molecule has 0 aliphatic rings. The highest BCUT2D eigenvalue weighted by Gasteiger charge is 2.18. The first-order valence-electron chi connectivity index (χ1n) is 8.38. The fraction of sp³-hybridized carbons (Fsp3) is 0.250. The molecule has 0 saturated heterocycles. The number of benzene rings is 2. The van der Waals surface area contributed by atoms with Gasteiger partial charge in [-0.1, -0.05) is 17.7 Å². The van der Waals surface area contributed by atoms with Gasteiger partial charge >= 0.3 is 11.9 Å². The molecular weight excluding hydrogens is 402 g/mol. The number of hydrogen-bond donors (Lipinski definition) is 1. The molecular formula is C20H20ClNO7. The summed E-state index contributed by atoms with van der Waals surface area (Å²) in [4.78, 5) is 36.0. The standard InChI is InChI=1S/C20H20ClNO7/c1-11-5-6-12(19(24)28-4)8-15(11)22-17(23)10-29-20(25)13-7-14(21)18(27-3)16(9-13)26-2/h5-9H,10H2,1-4H3,(H,22,23). The highest BCUT2D eigenvalue weighted by molar-refractivity contribution is 6.32. The summed E-state index contributed by atoms with van der Waals surface area (Å²) >= 11 is 6.07. The van der Waals surface area contributed by atoms with Crippen LogP contribution in [0.3, 0.4) is 0 Å². The molecule has 0 spiro atoms. The lowest BCUT2D eigenvalue weighted by Crippen LogP contribution is -2.21. The van der Waals surface area contributed by atoms with Crippen LogP contribution in [-0.4, -0.2) is 45.8 Å². The summed E-state index contributed by atoms with van der Waals surface area (Å²) in [5, 5.41) is 2.76. The molecule has 0 aliphatic carbocycles. The quantitative estimate of drug-likeness (QED) is 0.685. The Morgan fingerprint density at radius 2 is 1.69 bits per heavy atom. The predicted molar refractivity (Wildman–Crippen MR) is 106 cm³/mol. The van der Waals surface area contributed by atoms with Crippen LogP contribution in [0.15, 0.2) is 30.3 Å². The number of ether oxygens (including phenoxy) is 4. The number of nitrogens with one attached hydrogen (secondary N) is 1. The Hall–Kier alpha value is -3.26. The summed E-state index contributed by atoms with van der Waals surface area (Å²) in [5.74, 6) is -1.33. The third kappa shape index (κ3) is 5.39. The number of aryl methyl sites for hydroxylation is 1. The van der Waals surface area contributed by atoms with Gasteiger partial charge in [-0.2, -0.15) is 0 Å². The Bertz CT molecular complexity index is 943. The first-order chi connectivity index (χ1) is 13.8. The van der Waals surface area contributed by atoms with Crippen LogP contribution in [0.4, 0.5) is 5.69 Å². The molecule has 1 amide bonds. The van der Waals surface area contributed by atoms with Gasteiger partial charge < -0.3 is 24.3 Å². The van der Waals surface area contributed by atoms with Crippen molar-refractivity contribution in [3.63, 3.8) is 0 Å². The second kappa shape index (κ2) is 9.79. The van der Waals surface area contributed by atoms with E-state index < -0.39 is 24.5 Å². The van der Waals surface area contributed by atoms with E-state index in [4.69, 9.17) is 25.8 Å². The molecule has 2 rings (SSSR count). The van der Waals surface area contributed by atoms with Gasteiger partial charge in [0.15, 0.2) is 18.1 Å². The lowest BCUT2D eigenvalue weighted by Gasteiger charge is -2.12. The molecule has 0 fully saturated rings. The number of anilines is 1. The molecule has 0 aliphatic heterocycles. The molecule has 0 saturated carbocycles. The largest absolute Gasteiger partial charge is 0.493 e. The summed E-state index contributed by atoms with van der Waals surface area (Å²) in [6, 6.07) is 7.48. The molecule has 0 unspecified atom stereocenters. The number of esters is 2. The van der Waals surface area contributed by atoms with E-state index in [1.807, 2.05) is 0 Å². The van der Waals surface area contributed by atoms with Crippen LogP contribution in [-0.2, 0) is 14.3 Å². The van der Waals surface area contributed by atoms with E-state index in [0.717, 1.165) is 5.56 Å². The van der Waals surface area contributed by atoms with Crippen LogP contribution in [0.5, 0.6) is 11.5 Å². The SMILES string of the molecule is COC(=O)c1ccc(C)c(NC(=O)COC(=O)c2cc(Cl)c(OC)c(OC)c2)c1. The maximum atomic E-state index is 12.3. The summed E-state index contributed by atoms with van der Waals surface area (Å²) < 4.78 is 19.9. The number of methoxy groups -OCH3 is 3. The van der Waals surface area contributed by atoms with Crippen LogP contribution in [0.1, 0.15) is 26.3 Å². The Kier molecular flexibility index (Phi) is 7.44. The molecule has 9 heteroatoms. The van der Waals surface area contributed by atoms with Crippen molar-refractivity contribution < 1.29 is 33.3 Å². The minimum Gasteiger partial charge on any atom is -0.493 e. The number of rotatable bonds is 7. The predicted octanol–water partition coefficient (Wildman–Crippen LogP) is 3.25. The summed E-state index contributed by atoms with van der Waals surface area (Å²) in [6.07, 6.45) is 0. The maximum absolute atomic E-state index is 12.3. The highest BCUT2D eigenvalue weighted by Crippen LogP contribution is 2.36. The lowest BCUT2D eigenvalue weighted by molar-refractivity contribution is -0.119. The number of hydrogen-bond acceptors (Lipinski definition) is 7. The van der Waals surface area contributed by atoms with Crippen LogP contribution in [0, 0.1) is 6.92 Å². The Morgan fingerprint density at radius 1 is 0.966 bits per heavy atom. The number of carbonyl (C=O) groups is 3. The third-order valence-corrected chi connectivity index (χ3v) is 4.22. The van der Waals surface area contributed by atoms with E-state index in [2.05, 4.69) is 10.1 Å². The van der Waals surface area contributed by atoms with Crippen molar-refractivity contribution in [3.05, 3.63) is 52.0 Å². The first kappa shape index (κ1) is 22.0. The van der Waals surface area contributed by atoms with Crippen molar-refractivity contribution in [2.24, 2.45) is 0 Å². The van der Waals surface area contributed by atoms with Gasteiger partial charge in [-0.3, -0.25) is 4.79 Å². The van der Waals surface area contributed by atoms with Gasteiger partial charge in [-0.15, -0.1) is 0 Å². The Labute approximate surface area is 172 Å². The average Bonchev–Trinajstić information content (AvgIpc) is 2.72. The van der Waals surface area contributed by atoms with Crippen LogP contribution in [0.25, 0.3) is 0 Å². The summed E-state index contributed by atoms with van der Waals surface area (Å²) in [7, 11) is 4.09. The minimum atomic E-state index is -0.761. The van der Waals surface area contributed by atoms with Crippen molar-refractivity contribution in [2.75, 3.05) is 33.3 Å². The van der Waals surface area contributed by atoms with E-state index in [0.29, 0.717) is 5.69 Å². The molecule has 0 heterocycles. The molecule has 2 aromatic carbocycles. The number of halogens is 1. The van der Waals surface area contributed by atoms with Crippen molar-refractivity contribution in [3.8, 4) is 11.5 Å². The molecule has 154 valence electrons. The normalized spacial score (nSPS) is 10.1. The van der Waals surface area contributed by atoms with E-state index in [-0.39, 0.29) is 27.6 Å². The molecule has 2 aromatic rings. The molecule has 1 N–H and O–H groups in total. The average molecular weight is 422 g/mol. The van der Waals surface area contributed by atoms with Crippen LogP contribution >= 0.6 is 11.6 Å². The second-order valence-corrected chi connectivity index (χ2v) is 6.25. The van der Waals surface area contributed by atoms with Gasteiger partial charge in [0.1, 0.15) is 0 Å². The fourth-order valence-corrected chi connectivity index (χ4v) is 2.73. The van der Waals surface area contributed by atoms with Crippen LogP contribution in [0.2, 0.25) is 5.02 Å². The number of amides is 1. The first-order valence-corrected chi connectivity index (χ1v) is 8.76. The van der Waals surface area contributed by atoms with E-state index >= 15 is 0 Å². The molecule has 0 bridgehead atoms. The Balaban J connectivity index is 2.05. The zero-order chi connectivity index (χ0) is 21.6. The summed E-state index contributed by atoms with van der Waals surface area (Å²) in [5.41, 5.74) is 1.52. The topological polar surface area (TPSA) is 100 Å². The summed E-state index contributed by atoms with van der Waals surface area (Å²) in [6.45, 7) is 1.22. The smallest absolute Gasteiger partial charge is 0.338 e.